The van der Waals surface area contributed by atoms with Crippen LogP contribution in [0.25, 0.3) is 0 Å². The van der Waals surface area contributed by atoms with Crippen molar-refractivity contribution in [3.8, 4) is 5.75 Å². The number of para-hydroxylation sites is 1. The summed E-state index contributed by atoms with van der Waals surface area (Å²) in [6.07, 6.45) is 2.32. The molecule has 0 aliphatic carbocycles. The second-order valence-electron chi connectivity index (χ2n) is 9.55. The Balaban J connectivity index is 1.59. The van der Waals surface area contributed by atoms with Gasteiger partial charge in [-0.2, -0.15) is 0 Å². The molecule has 1 atom stereocenters. The molecule has 37 heavy (non-hydrogen) atoms. The van der Waals surface area contributed by atoms with Crippen molar-refractivity contribution in [3.05, 3.63) is 95.6 Å². The zero-order valence-electron chi connectivity index (χ0n) is 21.9. The Labute approximate surface area is 220 Å². The van der Waals surface area contributed by atoms with E-state index in [1.165, 1.54) is 5.56 Å². The smallest absolute Gasteiger partial charge is 0.257 e. The molecule has 0 saturated carbocycles. The molecule has 0 saturated heterocycles. The molecule has 3 aromatic carbocycles. The van der Waals surface area contributed by atoms with Gasteiger partial charge in [-0.05, 0) is 62.9 Å². The van der Waals surface area contributed by atoms with Crippen molar-refractivity contribution in [2.24, 2.45) is 0 Å². The molecule has 6 heteroatoms. The second kappa shape index (κ2) is 12.9. The largest absolute Gasteiger partial charge is 0.491 e. The van der Waals surface area contributed by atoms with E-state index in [2.05, 4.69) is 17.4 Å². The van der Waals surface area contributed by atoms with Crippen LogP contribution in [0.2, 0.25) is 0 Å². The highest BCUT2D eigenvalue weighted by Gasteiger charge is 2.27. The first-order valence-corrected chi connectivity index (χ1v) is 13.2. The number of carbonyl (C=O) groups is 2. The molecule has 4 rings (SSSR count). The van der Waals surface area contributed by atoms with Gasteiger partial charge in [0.25, 0.3) is 5.91 Å². The number of amides is 2. The Morgan fingerprint density at radius 3 is 2.41 bits per heavy atom. The number of hydrogen-bond donors (Lipinski definition) is 1. The molecule has 1 N–H and O–H groups in total. The van der Waals surface area contributed by atoms with Crippen molar-refractivity contribution >= 4 is 17.5 Å². The van der Waals surface area contributed by atoms with Crippen LogP contribution < -0.4 is 10.1 Å². The maximum Gasteiger partial charge on any atom is 0.257 e. The van der Waals surface area contributed by atoms with E-state index in [4.69, 9.17) is 4.74 Å². The third-order valence-corrected chi connectivity index (χ3v) is 6.87. The number of anilines is 1. The zero-order valence-corrected chi connectivity index (χ0v) is 21.9. The monoisotopic (exact) mass is 499 g/mol. The van der Waals surface area contributed by atoms with E-state index < -0.39 is 0 Å². The average Bonchev–Trinajstić information content (AvgIpc) is 2.92. The first-order chi connectivity index (χ1) is 18.0. The van der Waals surface area contributed by atoms with E-state index in [0.717, 1.165) is 24.1 Å². The third-order valence-electron chi connectivity index (χ3n) is 6.87. The Morgan fingerprint density at radius 1 is 0.946 bits per heavy atom. The lowest BCUT2D eigenvalue weighted by Crippen LogP contribution is -2.48. The molecule has 1 aliphatic rings. The molecule has 6 nitrogen and oxygen atoms in total. The lowest BCUT2D eigenvalue weighted by Gasteiger charge is -2.33. The van der Waals surface area contributed by atoms with Crippen molar-refractivity contribution in [3.63, 3.8) is 0 Å². The predicted molar refractivity (Wildman–Crippen MR) is 148 cm³/mol. The molecule has 0 bridgehead atoms. The minimum absolute atomic E-state index is 0.00601. The van der Waals surface area contributed by atoms with Gasteiger partial charge in [0.05, 0.1) is 18.2 Å². The highest BCUT2D eigenvalue weighted by molar-refractivity contribution is 5.97. The van der Waals surface area contributed by atoms with Gasteiger partial charge < -0.3 is 19.9 Å². The number of carbonyl (C=O) groups excluding carboxylic acids is 2. The van der Waals surface area contributed by atoms with E-state index in [0.29, 0.717) is 44.0 Å². The molecule has 3 aromatic rings. The number of aryl methyl sites for hydroxylation is 1. The molecule has 0 aromatic heterocycles. The van der Waals surface area contributed by atoms with Crippen molar-refractivity contribution in [1.82, 2.24) is 9.80 Å². The Bertz CT molecular complexity index is 1160. The third kappa shape index (κ3) is 7.13. The van der Waals surface area contributed by atoms with Crippen molar-refractivity contribution < 1.29 is 14.3 Å². The van der Waals surface area contributed by atoms with Gasteiger partial charge in [-0.3, -0.25) is 9.59 Å². The number of hydrogen-bond acceptors (Lipinski definition) is 4. The molecular weight excluding hydrogens is 462 g/mol. The highest BCUT2D eigenvalue weighted by Crippen LogP contribution is 2.23. The molecule has 1 heterocycles. The second-order valence-corrected chi connectivity index (χ2v) is 9.55. The number of benzene rings is 3. The van der Waals surface area contributed by atoms with Crippen LogP contribution in [0.3, 0.4) is 0 Å². The lowest BCUT2D eigenvalue weighted by atomic mass is 10.0. The molecule has 0 unspecified atom stereocenters. The fraction of sp³-hybridized carbons (Fsp3) is 0.355. The SMILES string of the molecule is CCN1CCCCN(C(=O)CNc2ccc(C)cc2)[C@H](Cc2ccccc2)COc2ccccc2C1=O. The lowest BCUT2D eigenvalue weighted by molar-refractivity contribution is -0.132. The van der Waals surface area contributed by atoms with Gasteiger partial charge in [0, 0.05) is 25.3 Å². The number of ether oxygens (including phenoxy) is 1. The summed E-state index contributed by atoms with van der Waals surface area (Å²) in [6, 6.07) is 25.5. The van der Waals surface area contributed by atoms with E-state index in [1.807, 2.05) is 90.4 Å². The van der Waals surface area contributed by atoms with E-state index in [1.54, 1.807) is 0 Å². The Morgan fingerprint density at radius 2 is 1.65 bits per heavy atom. The minimum Gasteiger partial charge on any atom is -0.491 e. The normalized spacial score (nSPS) is 16.7. The number of nitrogens with one attached hydrogen (secondary N) is 1. The van der Waals surface area contributed by atoms with E-state index in [9.17, 15) is 9.59 Å². The summed E-state index contributed by atoms with van der Waals surface area (Å²) < 4.78 is 6.30. The van der Waals surface area contributed by atoms with Gasteiger partial charge in [-0.15, -0.1) is 0 Å². The summed E-state index contributed by atoms with van der Waals surface area (Å²) in [5.41, 5.74) is 3.83. The maximum absolute atomic E-state index is 13.6. The van der Waals surface area contributed by atoms with E-state index >= 15 is 0 Å². The van der Waals surface area contributed by atoms with Crippen molar-refractivity contribution in [2.45, 2.75) is 39.2 Å². The maximum atomic E-state index is 13.6. The summed E-state index contributed by atoms with van der Waals surface area (Å²) >= 11 is 0. The molecular formula is C31H37N3O3. The highest BCUT2D eigenvalue weighted by atomic mass is 16.5. The first kappa shape index (κ1) is 26.3. The van der Waals surface area contributed by atoms with Gasteiger partial charge >= 0.3 is 0 Å². The number of nitrogens with zero attached hydrogens (tertiary/aromatic N) is 2. The summed E-state index contributed by atoms with van der Waals surface area (Å²) in [4.78, 5) is 30.7. The topological polar surface area (TPSA) is 61.9 Å². The summed E-state index contributed by atoms with van der Waals surface area (Å²) in [5.74, 6) is 0.599. The number of rotatable bonds is 6. The molecule has 0 radical (unpaired) electrons. The molecule has 2 amide bonds. The molecule has 0 spiro atoms. The van der Waals surface area contributed by atoms with Crippen LogP contribution >= 0.6 is 0 Å². The summed E-state index contributed by atoms with van der Waals surface area (Å²) in [6.45, 7) is 6.46. The van der Waals surface area contributed by atoms with Crippen molar-refractivity contribution in [1.29, 1.82) is 0 Å². The van der Waals surface area contributed by atoms with Crippen molar-refractivity contribution in [2.75, 3.05) is 38.1 Å². The van der Waals surface area contributed by atoms with Crippen LogP contribution in [0.4, 0.5) is 5.69 Å². The quantitative estimate of drug-likeness (QED) is 0.508. The fourth-order valence-corrected chi connectivity index (χ4v) is 4.72. The van der Waals surface area contributed by atoms with Crippen LogP contribution in [0.5, 0.6) is 5.75 Å². The van der Waals surface area contributed by atoms with Crippen LogP contribution in [-0.2, 0) is 11.2 Å². The van der Waals surface area contributed by atoms with Crippen LogP contribution in [-0.4, -0.2) is 60.4 Å². The van der Waals surface area contributed by atoms with E-state index in [-0.39, 0.29) is 24.4 Å². The minimum atomic E-state index is -0.167. The average molecular weight is 500 g/mol. The summed E-state index contributed by atoms with van der Waals surface area (Å²) in [5, 5.41) is 3.29. The van der Waals surface area contributed by atoms with Gasteiger partial charge in [0.1, 0.15) is 12.4 Å². The zero-order chi connectivity index (χ0) is 26.0. The van der Waals surface area contributed by atoms with Gasteiger partial charge in [-0.25, -0.2) is 0 Å². The van der Waals surface area contributed by atoms with Crippen LogP contribution in [0, 0.1) is 6.92 Å². The molecule has 194 valence electrons. The fourth-order valence-electron chi connectivity index (χ4n) is 4.72. The number of fused-ring (bicyclic) bond motifs is 1. The first-order valence-electron chi connectivity index (χ1n) is 13.2. The molecule has 0 fully saturated rings. The summed E-state index contributed by atoms with van der Waals surface area (Å²) in [7, 11) is 0. The molecule has 1 aliphatic heterocycles. The van der Waals surface area contributed by atoms with Gasteiger partial charge in [0.2, 0.25) is 5.91 Å². The predicted octanol–water partition coefficient (Wildman–Crippen LogP) is 5.18. The van der Waals surface area contributed by atoms with Gasteiger partial charge in [-0.1, -0.05) is 60.2 Å². The Hall–Kier alpha value is -3.80. The van der Waals surface area contributed by atoms with Crippen LogP contribution in [0.1, 0.15) is 41.3 Å². The Kier molecular flexibility index (Phi) is 9.19. The van der Waals surface area contributed by atoms with Gasteiger partial charge in [0.15, 0.2) is 0 Å². The van der Waals surface area contributed by atoms with Crippen LogP contribution in [0.15, 0.2) is 78.9 Å². The standard InChI is InChI=1S/C31H37N3O3/c1-3-33-19-9-10-20-34(30(35)22-32-26-17-15-24(2)16-18-26)27(21-25-11-5-4-6-12-25)23-37-29-14-8-7-13-28(29)31(33)36/h4-8,11-18,27,32H,3,9-10,19-23H2,1-2H3/t27-/m1/s1.